The maximum Gasteiger partial charge on any atom is 0.413 e. The fourth-order valence-electron chi connectivity index (χ4n) is 4.13. The Kier molecular flexibility index (Phi) is 9.54. The van der Waals surface area contributed by atoms with Gasteiger partial charge < -0.3 is 19.8 Å². The highest BCUT2D eigenvalue weighted by atomic mass is 16.5. The first-order chi connectivity index (χ1) is 19.0. The van der Waals surface area contributed by atoms with E-state index in [1.165, 1.54) is 0 Å². The molecule has 0 unspecified atom stereocenters. The standard InChI is InChI=1S/C28H33N7O4/c1-4-35(12-13-38-3)11-10-31-26(36)21-14-20(17-29-18-21)19-15-22(23-8-6-7-9-30-23)25-24(16-19)32-27(33-25)34-28(37)39-5-2/h6-9,14-18H,4-5,10-13H2,1-3H3,(H,31,36)(H2,32,33,34,37). The zero-order valence-electron chi connectivity index (χ0n) is 22.4. The van der Waals surface area contributed by atoms with E-state index >= 15 is 0 Å². The number of hydrogen-bond acceptors (Lipinski definition) is 8. The third kappa shape index (κ3) is 7.15. The molecule has 0 aliphatic heterocycles. The number of hydrogen-bond donors (Lipinski definition) is 3. The highest BCUT2D eigenvalue weighted by Crippen LogP contribution is 2.33. The van der Waals surface area contributed by atoms with Gasteiger partial charge in [-0.3, -0.25) is 25.0 Å². The van der Waals surface area contributed by atoms with E-state index in [0.29, 0.717) is 29.7 Å². The number of ether oxygens (including phenoxy) is 2. The Labute approximate surface area is 227 Å². The van der Waals surface area contributed by atoms with Crippen LogP contribution in [0, 0.1) is 0 Å². The van der Waals surface area contributed by atoms with Crippen LogP contribution in [0.4, 0.5) is 10.7 Å². The molecule has 2 amide bonds. The van der Waals surface area contributed by atoms with Gasteiger partial charge in [0.05, 0.1) is 35.5 Å². The van der Waals surface area contributed by atoms with Crippen LogP contribution in [0.2, 0.25) is 0 Å². The SMILES string of the molecule is CCOC(=O)Nc1nc2cc(-c3cncc(C(=O)NCCN(CC)CCOC)c3)cc(-c3ccccn3)c2[nH]1. The molecule has 204 valence electrons. The zero-order chi connectivity index (χ0) is 27.6. The number of fused-ring (bicyclic) bond motifs is 1. The number of methoxy groups -OCH3 is 1. The predicted octanol–water partition coefficient (Wildman–Crippen LogP) is 3.95. The molecule has 0 spiro atoms. The molecule has 4 aromatic rings. The Morgan fingerprint density at radius 3 is 2.69 bits per heavy atom. The Morgan fingerprint density at radius 2 is 1.95 bits per heavy atom. The number of nitrogens with one attached hydrogen (secondary N) is 3. The Hall–Kier alpha value is -4.35. The molecule has 1 aromatic carbocycles. The fraction of sp³-hybridized carbons (Fsp3) is 0.321. The van der Waals surface area contributed by atoms with E-state index in [4.69, 9.17) is 9.47 Å². The highest BCUT2D eigenvalue weighted by Gasteiger charge is 2.16. The van der Waals surface area contributed by atoms with Crippen molar-refractivity contribution in [1.82, 2.24) is 30.2 Å². The number of aromatic nitrogens is 4. The van der Waals surface area contributed by atoms with E-state index in [1.807, 2.05) is 30.3 Å². The van der Waals surface area contributed by atoms with Gasteiger partial charge in [-0.1, -0.05) is 13.0 Å². The summed E-state index contributed by atoms with van der Waals surface area (Å²) >= 11 is 0. The lowest BCUT2D eigenvalue weighted by atomic mass is 10.00. The second-order valence-electron chi connectivity index (χ2n) is 8.71. The molecule has 3 N–H and O–H groups in total. The van der Waals surface area contributed by atoms with Crippen molar-refractivity contribution in [2.45, 2.75) is 13.8 Å². The van der Waals surface area contributed by atoms with Crippen LogP contribution in [-0.2, 0) is 9.47 Å². The predicted molar refractivity (Wildman–Crippen MR) is 150 cm³/mol. The third-order valence-electron chi connectivity index (χ3n) is 6.14. The normalized spacial score (nSPS) is 11.1. The number of carbonyl (C=O) groups is 2. The van der Waals surface area contributed by atoms with Crippen molar-refractivity contribution in [2.75, 3.05) is 51.8 Å². The molecule has 39 heavy (non-hydrogen) atoms. The smallest absolute Gasteiger partial charge is 0.413 e. The summed E-state index contributed by atoms with van der Waals surface area (Å²) in [6, 6.07) is 11.3. The molecule has 3 heterocycles. The number of aromatic amines is 1. The quantitative estimate of drug-likeness (QED) is 0.250. The molecule has 0 fully saturated rings. The zero-order valence-corrected chi connectivity index (χ0v) is 22.4. The number of benzene rings is 1. The minimum absolute atomic E-state index is 0.195. The second-order valence-corrected chi connectivity index (χ2v) is 8.71. The van der Waals surface area contributed by atoms with Gasteiger partial charge >= 0.3 is 6.09 Å². The van der Waals surface area contributed by atoms with Gasteiger partial charge in [0.1, 0.15) is 0 Å². The maximum absolute atomic E-state index is 12.9. The van der Waals surface area contributed by atoms with Gasteiger partial charge in [-0.2, -0.15) is 0 Å². The van der Waals surface area contributed by atoms with Gasteiger partial charge in [0.15, 0.2) is 0 Å². The number of anilines is 1. The summed E-state index contributed by atoms with van der Waals surface area (Å²) in [6.45, 7) is 7.63. The van der Waals surface area contributed by atoms with Crippen molar-refractivity contribution in [1.29, 1.82) is 0 Å². The molecule has 0 atom stereocenters. The van der Waals surface area contributed by atoms with Gasteiger partial charge in [0.2, 0.25) is 5.95 Å². The van der Waals surface area contributed by atoms with E-state index in [1.54, 1.807) is 38.7 Å². The summed E-state index contributed by atoms with van der Waals surface area (Å²) in [6.07, 6.45) is 4.37. The summed E-state index contributed by atoms with van der Waals surface area (Å²) in [4.78, 5) is 43.6. The van der Waals surface area contributed by atoms with Gasteiger partial charge in [-0.05, 0) is 49.4 Å². The van der Waals surface area contributed by atoms with Crippen LogP contribution in [-0.4, -0.2) is 83.3 Å². The van der Waals surface area contributed by atoms with Gasteiger partial charge in [0, 0.05) is 56.5 Å². The van der Waals surface area contributed by atoms with E-state index in [-0.39, 0.29) is 18.5 Å². The molecular formula is C28H33N7O4. The van der Waals surface area contributed by atoms with Crippen molar-refractivity contribution in [3.63, 3.8) is 0 Å². The topological polar surface area (TPSA) is 134 Å². The van der Waals surface area contributed by atoms with Gasteiger partial charge in [-0.15, -0.1) is 0 Å². The molecule has 0 bridgehead atoms. The van der Waals surface area contributed by atoms with Crippen LogP contribution in [0.15, 0.2) is 55.0 Å². The van der Waals surface area contributed by atoms with Crippen LogP contribution in [0.1, 0.15) is 24.2 Å². The van der Waals surface area contributed by atoms with Crippen molar-refractivity contribution in [3.05, 3.63) is 60.6 Å². The molecule has 0 aliphatic carbocycles. The van der Waals surface area contributed by atoms with Crippen LogP contribution >= 0.6 is 0 Å². The molecular weight excluding hydrogens is 498 g/mol. The van der Waals surface area contributed by atoms with E-state index < -0.39 is 6.09 Å². The first kappa shape index (κ1) is 27.7. The molecule has 0 radical (unpaired) electrons. The molecule has 4 rings (SSSR count). The third-order valence-corrected chi connectivity index (χ3v) is 6.14. The average Bonchev–Trinajstić information content (AvgIpc) is 3.37. The molecule has 0 saturated heterocycles. The average molecular weight is 532 g/mol. The number of H-pyrrole nitrogens is 1. The van der Waals surface area contributed by atoms with E-state index in [9.17, 15) is 9.59 Å². The number of likely N-dealkylation sites (N-methyl/N-ethyl adjacent to an activating group) is 1. The van der Waals surface area contributed by atoms with Crippen LogP contribution in [0.3, 0.4) is 0 Å². The lowest BCUT2D eigenvalue weighted by Gasteiger charge is -2.19. The molecule has 3 aromatic heterocycles. The fourth-order valence-corrected chi connectivity index (χ4v) is 4.13. The number of pyridine rings is 2. The first-order valence-corrected chi connectivity index (χ1v) is 12.9. The number of carbonyl (C=O) groups excluding carboxylic acids is 2. The second kappa shape index (κ2) is 13.4. The number of rotatable bonds is 12. The highest BCUT2D eigenvalue weighted by molar-refractivity contribution is 5.99. The monoisotopic (exact) mass is 531 g/mol. The Morgan fingerprint density at radius 1 is 1.08 bits per heavy atom. The Balaban J connectivity index is 1.61. The van der Waals surface area contributed by atoms with E-state index in [0.717, 1.165) is 42.0 Å². The van der Waals surface area contributed by atoms with Gasteiger partial charge in [0.25, 0.3) is 5.91 Å². The molecule has 0 saturated carbocycles. The summed E-state index contributed by atoms with van der Waals surface area (Å²) in [5, 5.41) is 5.59. The minimum atomic E-state index is -0.597. The molecule has 11 heteroatoms. The molecule has 11 nitrogen and oxygen atoms in total. The summed E-state index contributed by atoms with van der Waals surface area (Å²) in [7, 11) is 1.68. The lowest BCUT2D eigenvalue weighted by Crippen LogP contribution is -2.36. The van der Waals surface area contributed by atoms with Crippen LogP contribution in [0.5, 0.6) is 0 Å². The summed E-state index contributed by atoms with van der Waals surface area (Å²) in [5.74, 6) is 0.0644. The van der Waals surface area contributed by atoms with Crippen molar-refractivity contribution < 1.29 is 19.1 Å². The van der Waals surface area contributed by atoms with Crippen LogP contribution < -0.4 is 10.6 Å². The molecule has 0 aliphatic rings. The lowest BCUT2D eigenvalue weighted by molar-refractivity contribution is 0.0944. The largest absolute Gasteiger partial charge is 0.450 e. The maximum atomic E-state index is 12.9. The Bertz CT molecular complexity index is 1410. The first-order valence-electron chi connectivity index (χ1n) is 12.9. The number of amides is 2. The summed E-state index contributed by atoms with van der Waals surface area (Å²) < 4.78 is 10.1. The van der Waals surface area contributed by atoms with Crippen LogP contribution in [0.25, 0.3) is 33.4 Å². The minimum Gasteiger partial charge on any atom is -0.450 e. The van der Waals surface area contributed by atoms with Crippen molar-refractivity contribution >= 4 is 29.0 Å². The van der Waals surface area contributed by atoms with Gasteiger partial charge in [-0.25, -0.2) is 9.78 Å². The van der Waals surface area contributed by atoms with Crippen molar-refractivity contribution in [2.24, 2.45) is 0 Å². The number of imidazole rings is 1. The summed E-state index contributed by atoms with van der Waals surface area (Å²) in [5.41, 5.74) is 4.85. The number of nitrogens with zero attached hydrogens (tertiary/aromatic N) is 4. The van der Waals surface area contributed by atoms with Crippen molar-refractivity contribution in [3.8, 4) is 22.4 Å². The van der Waals surface area contributed by atoms with E-state index in [2.05, 4.69) is 42.4 Å².